The van der Waals surface area contributed by atoms with Crippen LogP contribution in [0.5, 0.6) is 0 Å². The van der Waals surface area contributed by atoms with Crippen molar-refractivity contribution in [2.75, 3.05) is 33.9 Å². The first-order valence-corrected chi connectivity index (χ1v) is 12.3. The second kappa shape index (κ2) is 11.0. The van der Waals surface area contributed by atoms with E-state index in [9.17, 15) is 14.7 Å². The summed E-state index contributed by atoms with van der Waals surface area (Å²) in [5.41, 5.74) is 5.31. The molecule has 4 aromatic rings. The van der Waals surface area contributed by atoms with E-state index in [-0.39, 0.29) is 17.9 Å². The van der Waals surface area contributed by atoms with Crippen LogP contribution >= 0.6 is 0 Å². The monoisotopic (exact) mass is 495 g/mol. The number of benzene rings is 3. The molecule has 0 aliphatic carbocycles. The Kier molecular flexibility index (Phi) is 7.19. The van der Waals surface area contributed by atoms with Crippen molar-refractivity contribution in [1.29, 1.82) is 0 Å². The van der Waals surface area contributed by atoms with E-state index < -0.39 is 0 Å². The van der Waals surface area contributed by atoms with Crippen molar-refractivity contribution in [1.82, 2.24) is 4.98 Å². The minimum atomic E-state index is -0.210. The molecule has 5 N–H and O–H groups in total. The second-order valence-corrected chi connectivity index (χ2v) is 9.04. The van der Waals surface area contributed by atoms with Crippen LogP contribution in [0.3, 0.4) is 0 Å². The van der Waals surface area contributed by atoms with Gasteiger partial charge in [-0.2, -0.15) is 0 Å². The molecule has 8 nitrogen and oxygen atoms in total. The predicted octanol–water partition coefficient (Wildman–Crippen LogP) is 5.22. The standard InChI is InChI=1S/C29H29N5O3/c35-26-15-18-34(19-16-26)25-13-3-20(4-14-25)28(36)32-23-9-5-21(6-10-23)31-22-7-11-24(12-8-22)33-29(37)27-2-1-17-30-27/h1-14,17,26,30-31,35H,15-16,18-19H2,(H,32,36)(H,33,37). The minimum Gasteiger partial charge on any atom is -0.393 e. The van der Waals surface area contributed by atoms with Crippen LogP contribution in [-0.4, -0.2) is 41.1 Å². The molecule has 1 aromatic heterocycles. The fourth-order valence-corrected chi connectivity index (χ4v) is 4.26. The van der Waals surface area contributed by atoms with Gasteiger partial charge in [-0.1, -0.05) is 0 Å². The lowest BCUT2D eigenvalue weighted by Gasteiger charge is -2.31. The van der Waals surface area contributed by atoms with Gasteiger partial charge in [0.1, 0.15) is 5.69 Å². The molecular formula is C29H29N5O3. The predicted molar refractivity (Wildman–Crippen MR) is 147 cm³/mol. The molecule has 188 valence electrons. The summed E-state index contributed by atoms with van der Waals surface area (Å²) >= 11 is 0. The van der Waals surface area contributed by atoms with Crippen molar-refractivity contribution in [2.24, 2.45) is 0 Å². The first kappa shape index (κ1) is 24.1. The summed E-state index contributed by atoms with van der Waals surface area (Å²) in [6.07, 6.45) is 3.04. The van der Waals surface area contributed by atoms with Gasteiger partial charge in [0.25, 0.3) is 11.8 Å². The van der Waals surface area contributed by atoms with E-state index in [0.29, 0.717) is 22.6 Å². The summed E-state index contributed by atoms with van der Waals surface area (Å²) in [6.45, 7) is 1.64. The number of hydrogen-bond acceptors (Lipinski definition) is 5. The number of aliphatic hydroxyl groups is 1. The molecule has 0 spiro atoms. The molecule has 0 bridgehead atoms. The highest BCUT2D eigenvalue weighted by Gasteiger charge is 2.17. The lowest BCUT2D eigenvalue weighted by Crippen LogP contribution is -2.35. The number of amides is 2. The first-order valence-electron chi connectivity index (χ1n) is 12.3. The molecule has 8 heteroatoms. The third-order valence-corrected chi connectivity index (χ3v) is 6.38. The summed E-state index contributed by atoms with van der Waals surface area (Å²) < 4.78 is 0. The van der Waals surface area contributed by atoms with E-state index in [4.69, 9.17) is 0 Å². The Morgan fingerprint density at radius 1 is 0.730 bits per heavy atom. The van der Waals surface area contributed by atoms with Crippen LogP contribution in [0.25, 0.3) is 0 Å². The molecule has 1 aliphatic heterocycles. The number of hydrogen-bond donors (Lipinski definition) is 5. The number of aromatic nitrogens is 1. The molecule has 0 saturated carbocycles. The normalized spacial score (nSPS) is 13.7. The Morgan fingerprint density at radius 3 is 1.81 bits per heavy atom. The average Bonchev–Trinajstić information content (AvgIpc) is 3.47. The van der Waals surface area contributed by atoms with Crippen LogP contribution in [0.1, 0.15) is 33.7 Å². The van der Waals surface area contributed by atoms with Gasteiger partial charge in [0, 0.05) is 53.3 Å². The number of nitrogens with one attached hydrogen (secondary N) is 4. The van der Waals surface area contributed by atoms with E-state index in [2.05, 4.69) is 25.8 Å². The van der Waals surface area contributed by atoms with Crippen LogP contribution in [0.4, 0.5) is 28.4 Å². The molecule has 0 unspecified atom stereocenters. The molecule has 0 radical (unpaired) electrons. The molecular weight excluding hydrogens is 466 g/mol. The Labute approximate surface area is 215 Å². The van der Waals surface area contributed by atoms with Gasteiger partial charge < -0.3 is 30.9 Å². The lowest BCUT2D eigenvalue weighted by molar-refractivity contribution is 0.101. The zero-order chi connectivity index (χ0) is 25.6. The van der Waals surface area contributed by atoms with Crippen molar-refractivity contribution in [3.8, 4) is 0 Å². The van der Waals surface area contributed by atoms with E-state index in [1.54, 1.807) is 18.3 Å². The molecule has 5 rings (SSSR count). The molecule has 2 amide bonds. The summed E-state index contributed by atoms with van der Waals surface area (Å²) in [5.74, 6) is -0.361. The Hall–Kier alpha value is -4.56. The maximum absolute atomic E-state index is 12.7. The number of piperidine rings is 1. The number of aromatic amines is 1. The van der Waals surface area contributed by atoms with Gasteiger partial charge in [-0.25, -0.2) is 0 Å². The fourth-order valence-electron chi connectivity index (χ4n) is 4.26. The minimum absolute atomic E-state index is 0.168. The highest BCUT2D eigenvalue weighted by molar-refractivity contribution is 6.04. The number of rotatable bonds is 7. The molecule has 0 atom stereocenters. The van der Waals surface area contributed by atoms with E-state index >= 15 is 0 Å². The van der Waals surface area contributed by atoms with Crippen molar-refractivity contribution in [3.05, 3.63) is 102 Å². The SMILES string of the molecule is O=C(Nc1ccc(Nc2ccc(NC(=O)c3ccc[nH]3)cc2)cc1)c1ccc(N2CCC(O)CC2)cc1. The second-order valence-electron chi connectivity index (χ2n) is 9.04. The van der Waals surface area contributed by atoms with Crippen molar-refractivity contribution >= 4 is 40.3 Å². The number of anilines is 5. The number of H-pyrrole nitrogens is 1. The van der Waals surface area contributed by atoms with Crippen molar-refractivity contribution in [3.63, 3.8) is 0 Å². The van der Waals surface area contributed by atoms with E-state index in [0.717, 1.165) is 43.0 Å². The fraction of sp³-hybridized carbons (Fsp3) is 0.172. The largest absolute Gasteiger partial charge is 0.393 e. The topological polar surface area (TPSA) is 109 Å². The summed E-state index contributed by atoms with van der Waals surface area (Å²) in [4.78, 5) is 30.0. The summed E-state index contributed by atoms with van der Waals surface area (Å²) in [5, 5.41) is 18.8. The van der Waals surface area contributed by atoms with Gasteiger partial charge in [-0.15, -0.1) is 0 Å². The molecule has 1 saturated heterocycles. The molecule has 3 aromatic carbocycles. The lowest BCUT2D eigenvalue weighted by atomic mass is 10.1. The van der Waals surface area contributed by atoms with E-state index in [1.807, 2.05) is 72.8 Å². The van der Waals surface area contributed by atoms with Crippen molar-refractivity contribution < 1.29 is 14.7 Å². The van der Waals surface area contributed by atoms with Gasteiger partial charge >= 0.3 is 0 Å². The van der Waals surface area contributed by atoms with Crippen LogP contribution in [0, 0.1) is 0 Å². The number of carbonyl (C=O) groups is 2. The van der Waals surface area contributed by atoms with Crippen LogP contribution in [-0.2, 0) is 0 Å². The number of aliphatic hydroxyl groups excluding tert-OH is 1. The maximum atomic E-state index is 12.7. The van der Waals surface area contributed by atoms with Gasteiger partial charge in [-0.05, 0) is 97.8 Å². The first-order chi connectivity index (χ1) is 18.0. The third kappa shape index (κ3) is 6.17. The highest BCUT2D eigenvalue weighted by Crippen LogP contribution is 2.23. The Balaban J connectivity index is 1.13. The zero-order valence-corrected chi connectivity index (χ0v) is 20.3. The quantitative estimate of drug-likeness (QED) is 0.241. The van der Waals surface area contributed by atoms with Crippen molar-refractivity contribution in [2.45, 2.75) is 18.9 Å². The number of nitrogens with zero attached hydrogens (tertiary/aromatic N) is 1. The molecule has 1 fully saturated rings. The van der Waals surface area contributed by atoms with Gasteiger partial charge in [0.15, 0.2) is 0 Å². The smallest absolute Gasteiger partial charge is 0.272 e. The van der Waals surface area contributed by atoms with Gasteiger partial charge in [0.05, 0.1) is 6.10 Å². The molecule has 37 heavy (non-hydrogen) atoms. The van der Waals surface area contributed by atoms with Gasteiger partial charge in [-0.3, -0.25) is 9.59 Å². The maximum Gasteiger partial charge on any atom is 0.272 e. The average molecular weight is 496 g/mol. The number of carbonyl (C=O) groups excluding carboxylic acids is 2. The Bertz CT molecular complexity index is 1330. The Morgan fingerprint density at radius 2 is 1.27 bits per heavy atom. The molecule has 2 heterocycles. The summed E-state index contributed by atoms with van der Waals surface area (Å²) in [7, 11) is 0. The van der Waals surface area contributed by atoms with Gasteiger partial charge in [0.2, 0.25) is 0 Å². The summed E-state index contributed by atoms with van der Waals surface area (Å²) in [6, 6.07) is 26.0. The zero-order valence-electron chi connectivity index (χ0n) is 20.3. The van der Waals surface area contributed by atoms with Crippen LogP contribution in [0.2, 0.25) is 0 Å². The van der Waals surface area contributed by atoms with Crippen LogP contribution < -0.4 is 20.9 Å². The highest BCUT2D eigenvalue weighted by atomic mass is 16.3. The van der Waals surface area contributed by atoms with Crippen LogP contribution in [0.15, 0.2) is 91.1 Å². The molecule has 1 aliphatic rings. The van der Waals surface area contributed by atoms with E-state index in [1.165, 1.54) is 0 Å². The third-order valence-electron chi connectivity index (χ3n) is 6.38.